The minimum absolute atomic E-state index is 0.338. The van der Waals surface area contributed by atoms with Crippen molar-refractivity contribution < 1.29 is 4.39 Å². The van der Waals surface area contributed by atoms with Gasteiger partial charge in [-0.3, -0.25) is 0 Å². The topological polar surface area (TPSA) is 0 Å². The third kappa shape index (κ3) is 1.78. The van der Waals surface area contributed by atoms with E-state index in [0.29, 0.717) is 10.6 Å². The van der Waals surface area contributed by atoms with Crippen molar-refractivity contribution in [3.63, 3.8) is 0 Å². The summed E-state index contributed by atoms with van der Waals surface area (Å²) in [6.07, 6.45) is 0. The van der Waals surface area contributed by atoms with Crippen LogP contribution in [-0.2, 0) is 0 Å². The molecule has 0 spiro atoms. The third-order valence-electron chi connectivity index (χ3n) is 1.96. The number of benzene rings is 2. The predicted molar refractivity (Wildman–Crippen MR) is 55.7 cm³/mol. The summed E-state index contributed by atoms with van der Waals surface area (Å²) in [6, 6.07) is 14.6. The summed E-state index contributed by atoms with van der Waals surface area (Å²) in [5, 5.41) is 0.647. The summed E-state index contributed by atoms with van der Waals surface area (Å²) < 4.78 is 13.3. The Morgan fingerprint density at radius 1 is 1.07 bits per heavy atom. The van der Waals surface area contributed by atoms with Gasteiger partial charge in [0.2, 0.25) is 0 Å². The van der Waals surface area contributed by atoms with Gasteiger partial charge in [-0.1, -0.05) is 41.9 Å². The van der Waals surface area contributed by atoms with Crippen LogP contribution in [0.5, 0.6) is 0 Å². The van der Waals surface area contributed by atoms with Gasteiger partial charge >= 0.3 is 0 Å². The summed E-state index contributed by atoms with van der Waals surface area (Å²) in [6.45, 7) is 0. The highest BCUT2D eigenvalue weighted by atomic mass is 35.5. The molecule has 0 aliphatic rings. The first-order valence-corrected chi connectivity index (χ1v) is 4.57. The predicted octanol–water partition coefficient (Wildman–Crippen LogP) is 3.95. The molecule has 0 N–H and O–H groups in total. The molecule has 14 heavy (non-hydrogen) atoms. The van der Waals surface area contributed by atoms with Gasteiger partial charge in [0.1, 0.15) is 5.82 Å². The molecule has 0 heterocycles. The molecule has 2 aromatic rings. The molecule has 69 valence electrons. The van der Waals surface area contributed by atoms with Crippen molar-refractivity contribution >= 4 is 11.6 Å². The van der Waals surface area contributed by atoms with Crippen LogP contribution < -0.4 is 0 Å². The van der Waals surface area contributed by atoms with E-state index in [-0.39, 0.29) is 5.82 Å². The second kappa shape index (κ2) is 3.81. The summed E-state index contributed by atoms with van der Waals surface area (Å²) in [7, 11) is 0. The molecule has 0 aliphatic heterocycles. The molecular formula is C12H7ClF. The molecule has 0 saturated heterocycles. The molecule has 0 fully saturated rings. The Kier molecular flexibility index (Phi) is 2.51. The van der Waals surface area contributed by atoms with E-state index in [0.717, 1.165) is 5.56 Å². The van der Waals surface area contributed by atoms with Crippen molar-refractivity contribution in [1.82, 2.24) is 0 Å². The van der Waals surface area contributed by atoms with Crippen LogP contribution in [-0.4, -0.2) is 0 Å². The van der Waals surface area contributed by atoms with Gasteiger partial charge in [-0.2, -0.15) is 0 Å². The lowest BCUT2D eigenvalue weighted by Gasteiger charge is -2.02. The van der Waals surface area contributed by atoms with Crippen molar-refractivity contribution in [3.8, 4) is 11.1 Å². The Morgan fingerprint density at radius 2 is 1.79 bits per heavy atom. The maximum absolute atomic E-state index is 13.3. The molecule has 2 rings (SSSR count). The monoisotopic (exact) mass is 205 g/mol. The molecule has 0 aromatic heterocycles. The second-order valence-electron chi connectivity index (χ2n) is 2.90. The first-order valence-electron chi connectivity index (χ1n) is 4.19. The highest BCUT2D eigenvalue weighted by molar-refractivity contribution is 6.30. The van der Waals surface area contributed by atoms with Gasteiger partial charge in [-0.25, -0.2) is 4.39 Å². The lowest BCUT2D eigenvalue weighted by atomic mass is 10.1. The molecule has 0 saturated carbocycles. The fraction of sp³-hybridized carbons (Fsp3) is 0. The van der Waals surface area contributed by atoms with E-state index < -0.39 is 0 Å². The summed E-state index contributed by atoms with van der Waals surface area (Å²) in [4.78, 5) is 0. The second-order valence-corrected chi connectivity index (χ2v) is 3.34. The van der Waals surface area contributed by atoms with Gasteiger partial charge in [-0.05, 0) is 17.7 Å². The molecule has 0 nitrogen and oxygen atoms in total. The molecule has 0 amide bonds. The number of rotatable bonds is 1. The molecule has 0 bridgehead atoms. The van der Waals surface area contributed by atoms with Crippen LogP contribution in [0, 0.1) is 11.9 Å². The van der Waals surface area contributed by atoms with Gasteiger partial charge in [0, 0.05) is 16.7 Å². The van der Waals surface area contributed by atoms with E-state index in [1.165, 1.54) is 0 Å². The number of hydrogen-bond donors (Lipinski definition) is 0. The lowest BCUT2D eigenvalue weighted by Crippen LogP contribution is -1.82. The largest absolute Gasteiger partial charge is 0.206 e. The maximum Gasteiger partial charge on any atom is 0.138 e. The first kappa shape index (κ1) is 9.22. The lowest BCUT2D eigenvalue weighted by molar-refractivity contribution is 0.629. The molecule has 2 aromatic carbocycles. The van der Waals surface area contributed by atoms with Gasteiger partial charge in [0.05, 0.1) is 0 Å². The Morgan fingerprint density at radius 3 is 2.43 bits per heavy atom. The zero-order valence-corrected chi connectivity index (χ0v) is 8.05. The van der Waals surface area contributed by atoms with Crippen LogP contribution in [0.1, 0.15) is 0 Å². The van der Waals surface area contributed by atoms with Crippen LogP contribution in [0.2, 0.25) is 5.02 Å². The van der Waals surface area contributed by atoms with Crippen LogP contribution in [0.4, 0.5) is 4.39 Å². The van der Waals surface area contributed by atoms with Crippen molar-refractivity contribution in [3.05, 3.63) is 59.4 Å². The molecule has 2 heteroatoms. The Hall–Kier alpha value is -1.34. The summed E-state index contributed by atoms with van der Waals surface area (Å²) >= 11 is 5.74. The Bertz CT molecular complexity index is 434. The fourth-order valence-electron chi connectivity index (χ4n) is 1.27. The van der Waals surface area contributed by atoms with Crippen LogP contribution in [0.15, 0.2) is 42.5 Å². The van der Waals surface area contributed by atoms with E-state index >= 15 is 0 Å². The summed E-state index contributed by atoms with van der Waals surface area (Å²) in [5.74, 6) is -0.338. The highest BCUT2D eigenvalue weighted by Crippen LogP contribution is 2.23. The Balaban J connectivity index is 2.50. The van der Waals surface area contributed by atoms with Gasteiger partial charge in [0.15, 0.2) is 0 Å². The Labute approximate surface area is 87.0 Å². The van der Waals surface area contributed by atoms with E-state index in [1.54, 1.807) is 42.5 Å². The van der Waals surface area contributed by atoms with Crippen molar-refractivity contribution in [2.45, 2.75) is 0 Å². The SMILES string of the molecule is Fc1[c]cccc1-c1ccc(Cl)cc1. The quantitative estimate of drug-likeness (QED) is 0.662. The highest BCUT2D eigenvalue weighted by Gasteiger charge is 2.02. The normalized spacial score (nSPS) is 10.1. The third-order valence-corrected chi connectivity index (χ3v) is 2.21. The zero-order chi connectivity index (χ0) is 9.97. The van der Waals surface area contributed by atoms with E-state index in [4.69, 9.17) is 11.6 Å². The number of halogens is 2. The van der Waals surface area contributed by atoms with Crippen LogP contribution in [0.3, 0.4) is 0 Å². The van der Waals surface area contributed by atoms with Gasteiger partial charge < -0.3 is 0 Å². The van der Waals surface area contributed by atoms with Gasteiger partial charge in [-0.15, -0.1) is 0 Å². The van der Waals surface area contributed by atoms with E-state index in [2.05, 4.69) is 6.07 Å². The minimum atomic E-state index is -0.338. The molecular weight excluding hydrogens is 199 g/mol. The van der Waals surface area contributed by atoms with Crippen LogP contribution >= 0.6 is 11.6 Å². The van der Waals surface area contributed by atoms with Crippen molar-refractivity contribution in [2.75, 3.05) is 0 Å². The van der Waals surface area contributed by atoms with Crippen molar-refractivity contribution in [2.24, 2.45) is 0 Å². The first-order chi connectivity index (χ1) is 6.77. The van der Waals surface area contributed by atoms with E-state index in [9.17, 15) is 4.39 Å². The maximum atomic E-state index is 13.3. The minimum Gasteiger partial charge on any atom is -0.206 e. The molecule has 0 aliphatic carbocycles. The fourth-order valence-corrected chi connectivity index (χ4v) is 1.39. The zero-order valence-electron chi connectivity index (χ0n) is 7.30. The smallest absolute Gasteiger partial charge is 0.138 e. The average molecular weight is 206 g/mol. The van der Waals surface area contributed by atoms with Crippen molar-refractivity contribution in [1.29, 1.82) is 0 Å². The van der Waals surface area contributed by atoms with Gasteiger partial charge in [0.25, 0.3) is 0 Å². The summed E-state index contributed by atoms with van der Waals surface area (Å²) in [5.41, 5.74) is 1.35. The standard InChI is InChI=1S/C12H7ClF/c13-10-7-5-9(6-8-10)11-3-1-2-4-12(11)14/h1-3,5-8H. The molecule has 0 atom stereocenters. The van der Waals surface area contributed by atoms with Crippen LogP contribution in [0.25, 0.3) is 11.1 Å². The number of hydrogen-bond acceptors (Lipinski definition) is 0. The average Bonchev–Trinajstić information content (AvgIpc) is 2.20. The molecule has 1 radical (unpaired) electrons. The van der Waals surface area contributed by atoms with E-state index in [1.807, 2.05) is 0 Å². The molecule has 0 unspecified atom stereocenters.